The number of nitrogens with one attached hydrogen (secondary N) is 1. The molecule has 128 valence electrons. The summed E-state index contributed by atoms with van der Waals surface area (Å²) in [4.78, 5) is 12.6. The molecule has 0 spiro atoms. The van der Waals surface area contributed by atoms with E-state index in [0.717, 1.165) is 32.2 Å². The summed E-state index contributed by atoms with van der Waals surface area (Å²) < 4.78 is 6.70. The molecule has 4 heteroatoms. The normalized spacial score (nSPS) is 10.8. The molecular weight excluding hydrogens is 390 g/mol. The SMILES string of the molecule is Cc1c(C(=O)Nc2ccc(-c3ccccc3)cc2)oc2ccc(Br)cc12. The fraction of sp³-hybridized carbons (Fsp3) is 0.0455. The van der Waals surface area contributed by atoms with E-state index in [1.807, 2.05) is 67.6 Å². The van der Waals surface area contributed by atoms with Crippen molar-refractivity contribution in [3.63, 3.8) is 0 Å². The minimum atomic E-state index is -0.248. The molecule has 26 heavy (non-hydrogen) atoms. The Morgan fingerprint density at radius 1 is 0.923 bits per heavy atom. The average molecular weight is 406 g/mol. The van der Waals surface area contributed by atoms with Gasteiger partial charge in [0, 0.05) is 21.1 Å². The first kappa shape index (κ1) is 16.6. The Morgan fingerprint density at radius 2 is 1.62 bits per heavy atom. The van der Waals surface area contributed by atoms with Gasteiger partial charge in [-0.25, -0.2) is 0 Å². The van der Waals surface area contributed by atoms with Crippen molar-refractivity contribution in [1.82, 2.24) is 0 Å². The van der Waals surface area contributed by atoms with E-state index in [0.29, 0.717) is 11.3 Å². The molecular formula is C22H16BrNO2. The molecule has 0 fully saturated rings. The number of furan rings is 1. The molecule has 0 aliphatic carbocycles. The van der Waals surface area contributed by atoms with Crippen LogP contribution in [0.2, 0.25) is 0 Å². The molecule has 0 bridgehead atoms. The molecule has 1 aromatic heterocycles. The average Bonchev–Trinajstić information content (AvgIpc) is 2.99. The van der Waals surface area contributed by atoms with Gasteiger partial charge in [-0.15, -0.1) is 0 Å². The summed E-state index contributed by atoms with van der Waals surface area (Å²) in [5, 5.41) is 3.84. The highest BCUT2D eigenvalue weighted by molar-refractivity contribution is 9.10. The monoisotopic (exact) mass is 405 g/mol. The van der Waals surface area contributed by atoms with E-state index in [9.17, 15) is 4.79 Å². The third-order valence-corrected chi connectivity index (χ3v) is 4.85. The van der Waals surface area contributed by atoms with Crippen molar-refractivity contribution < 1.29 is 9.21 Å². The Morgan fingerprint density at radius 3 is 2.35 bits per heavy atom. The van der Waals surface area contributed by atoms with Gasteiger partial charge in [0.05, 0.1) is 0 Å². The number of hydrogen-bond acceptors (Lipinski definition) is 2. The lowest BCUT2D eigenvalue weighted by Gasteiger charge is -2.06. The van der Waals surface area contributed by atoms with Crippen molar-refractivity contribution in [3.05, 3.63) is 88.6 Å². The molecule has 0 aliphatic heterocycles. The summed E-state index contributed by atoms with van der Waals surface area (Å²) >= 11 is 3.45. The van der Waals surface area contributed by atoms with Crippen LogP contribution in [0.5, 0.6) is 0 Å². The Balaban J connectivity index is 1.58. The molecule has 1 N–H and O–H groups in total. The van der Waals surface area contributed by atoms with Gasteiger partial charge in [-0.05, 0) is 48.4 Å². The Kier molecular flexibility index (Phi) is 4.35. The number of amides is 1. The van der Waals surface area contributed by atoms with E-state index in [1.165, 1.54) is 0 Å². The fourth-order valence-electron chi connectivity index (χ4n) is 2.97. The lowest BCUT2D eigenvalue weighted by atomic mass is 10.1. The second-order valence-corrected chi connectivity index (χ2v) is 7.01. The lowest BCUT2D eigenvalue weighted by molar-refractivity contribution is 0.0998. The van der Waals surface area contributed by atoms with Gasteiger partial charge >= 0.3 is 0 Å². The van der Waals surface area contributed by atoms with Gasteiger partial charge in [0.25, 0.3) is 5.91 Å². The molecule has 0 atom stereocenters. The molecule has 0 saturated heterocycles. The summed E-state index contributed by atoms with van der Waals surface area (Å²) in [6.07, 6.45) is 0. The van der Waals surface area contributed by atoms with Crippen LogP contribution in [0.25, 0.3) is 22.1 Å². The standard InChI is InChI=1S/C22H16BrNO2/c1-14-19-13-17(23)9-12-20(19)26-21(14)22(25)24-18-10-7-16(8-11-18)15-5-3-2-4-6-15/h2-13H,1H3,(H,24,25). The molecule has 3 nitrogen and oxygen atoms in total. The number of hydrogen-bond donors (Lipinski definition) is 1. The van der Waals surface area contributed by atoms with Crippen molar-refractivity contribution in [1.29, 1.82) is 0 Å². The van der Waals surface area contributed by atoms with Crippen LogP contribution < -0.4 is 5.32 Å². The van der Waals surface area contributed by atoms with E-state index in [1.54, 1.807) is 0 Å². The van der Waals surface area contributed by atoms with Crippen LogP contribution >= 0.6 is 15.9 Å². The summed E-state index contributed by atoms with van der Waals surface area (Å²) in [6, 6.07) is 23.6. The van der Waals surface area contributed by atoms with Gasteiger partial charge in [-0.1, -0.05) is 58.4 Å². The topological polar surface area (TPSA) is 42.2 Å². The van der Waals surface area contributed by atoms with Gasteiger partial charge < -0.3 is 9.73 Å². The molecule has 0 saturated carbocycles. The number of halogens is 1. The minimum absolute atomic E-state index is 0.248. The third kappa shape index (κ3) is 3.16. The second kappa shape index (κ2) is 6.81. The first-order valence-corrected chi connectivity index (χ1v) is 9.06. The predicted molar refractivity (Wildman–Crippen MR) is 108 cm³/mol. The quantitative estimate of drug-likeness (QED) is 0.426. The second-order valence-electron chi connectivity index (χ2n) is 6.09. The zero-order valence-corrected chi connectivity index (χ0v) is 15.7. The molecule has 1 amide bonds. The van der Waals surface area contributed by atoms with Crippen LogP contribution in [0.1, 0.15) is 16.1 Å². The smallest absolute Gasteiger partial charge is 0.291 e. The first-order chi connectivity index (χ1) is 12.6. The Hall–Kier alpha value is -2.85. The van der Waals surface area contributed by atoms with Gasteiger partial charge in [-0.3, -0.25) is 4.79 Å². The molecule has 4 rings (SSSR count). The van der Waals surface area contributed by atoms with E-state index >= 15 is 0 Å². The zero-order chi connectivity index (χ0) is 18.1. The Bertz CT molecular complexity index is 1080. The van der Waals surface area contributed by atoms with Gasteiger partial charge in [0.2, 0.25) is 0 Å². The van der Waals surface area contributed by atoms with E-state index in [4.69, 9.17) is 4.42 Å². The van der Waals surface area contributed by atoms with Crippen LogP contribution in [0.4, 0.5) is 5.69 Å². The van der Waals surface area contributed by atoms with Gasteiger partial charge in [0.1, 0.15) is 5.58 Å². The van der Waals surface area contributed by atoms with Crippen LogP contribution in [-0.4, -0.2) is 5.91 Å². The number of aryl methyl sites for hydroxylation is 1. The largest absolute Gasteiger partial charge is 0.451 e. The van der Waals surface area contributed by atoms with Crippen LogP contribution in [0.15, 0.2) is 81.7 Å². The van der Waals surface area contributed by atoms with Crippen LogP contribution in [0.3, 0.4) is 0 Å². The summed E-state index contributed by atoms with van der Waals surface area (Å²) in [5.41, 5.74) is 4.52. The third-order valence-electron chi connectivity index (χ3n) is 4.35. The van der Waals surface area contributed by atoms with Crippen molar-refractivity contribution in [3.8, 4) is 11.1 Å². The molecule has 0 aliphatic rings. The number of rotatable bonds is 3. The van der Waals surface area contributed by atoms with Crippen molar-refractivity contribution in [2.75, 3.05) is 5.32 Å². The van der Waals surface area contributed by atoms with Crippen LogP contribution in [-0.2, 0) is 0 Å². The zero-order valence-electron chi connectivity index (χ0n) is 14.1. The maximum atomic E-state index is 12.6. The van der Waals surface area contributed by atoms with Crippen LogP contribution in [0, 0.1) is 6.92 Å². The molecule has 4 aromatic rings. The van der Waals surface area contributed by atoms with E-state index in [-0.39, 0.29) is 5.91 Å². The number of fused-ring (bicyclic) bond motifs is 1. The highest BCUT2D eigenvalue weighted by Gasteiger charge is 2.18. The predicted octanol–water partition coefficient (Wildman–Crippen LogP) is 6.42. The first-order valence-electron chi connectivity index (χ1n) is 8.27. The number of carbonyl (C=O) groups is 1. The maximum absolute atomic E-state index is 12.6. The molecule has 3 aromatic carbocycles. The van der Waals surface area contributed by atoms with Crippen molar-refractivity contribution >= 4 is 38.5 Å². The highest BCUT2D eigenvalue weighted by Crippen LogP contribution is 2.29. The van der Waals surface area contributed by atoms with Crippen molar-refractivity contribution in [2.24, 2.45) is 0 Å². The Labute approximate surface area is 159 Å². The van der Waals surface area contributed by atoms with Gasteiger partial charge in [0.15, 0.2) is 5.76 Å². The van der Waals surface area contributed by atoms with Gasteiger partial charge in [-0.2, -0.15) is 0 Å². The molecule has 0 unspecified atom stereocenters. The van der Waals surface area contributed by atoms with Crippen molar-refractivity contribution in [2.45, 2.75) is 6.92 Å². The molecule has 1 heterocycles. The number of anilines is 1. The molecule has 0 radical (unpaired) electrons. The summed E-state index contributed by atoms with van der Waals surface area (Å²) in [5.74, 6) is 0.0903. The van der Waals surface area contributed by atoms with E-state index in [2.05, 4.69) is 33.4 Å². The minimum Gasteiger partial charge on any atom is -0.451 e. The highest BCUT2D eigenvalue weighted by atomic mass is 79.9. The maximum Gasteiger partial charge on any atom is 0.291 e. The fourth-order valence-corrected chi connectivity index (χ4v) is 3.34. The number of benzene rings is 3. The lowest BCUT2D eigenvalue weighted by Crippen LogP contribution is -2.11. The summed E-state index contributed by atoms with van der Waals surface area (Å²) in [7, 11) is 0. The van der Waals surface area contributed by atoms with E-state index < -0.39 is 0 Å². The summed E-state index contributed by atoms with van der Waals surface area (Å²) in [6.45, 7) is 1.89. The number of carbonyl (C=O) groups excluding carboxylic acids is 1.